The predicted octanol–water partition coefficient (Wildman–Crippen LogP) is 5.04. The number of Topliss-reactive ketones (excluding diaryl/α,β-unsaturated/α-hetero) is 3. The molecule has 41 heavy (non-hydrogen) atoms. The van der Waals surface area contributed by atoms with Gasteiger partial charge in [-0.15, -0.1) is 0 Å². The molecule has 0 aromatic heterocycles. The van der Waals surface area contributed by atoms with Gasteiger partial charge in [-0.05, 0) is 60.7 Å². The third-order valence-corrected chi connectivity index (χ3v) is 12.1. The van der Waals surface area contributed by atoms with Gasteiger partial charge in [-0.25, -0.2) is 0 Å². The standard InChI is InChI=1S/C28H38F4O8S/c1-15(4-7-23(36)40-11-10-27(29,30)28(31,32)41(37,38)39)18-5-6-19-24-20(14-22(35)26(18,19)3)25(2)9-8-17(33)12-16(25)13-21(24)34/h15-16,18-20,24H,4-14H2,1-3H3,(H,37,38,39)/t15-,16?,18-,19+,20?,24+,25?,26-/m1/s1. The maximum absolute atomic E-state index is 13.8. The zero-order chi connectivity index (χ0) is 30.8. The van der Waals surface area contributed by atoms with E-state index in [0.717, 1.165) is 0 Å². The van der Waals surface area contributed by atoms with E-state index in [1.807, 2.05) is 13.8 Å². The Hall–Kier alpha value is -1.89. The molecule has 3 unspecified atom stereocenters. The summed E-state index contributed by atoms with van der Waals surface area (Å²) < 4.78 is 88.1. The molecule has 1 N–H and O–H groups in total. The van der Waals surface area contributed by atoms with Gasteiger partial charge in [0.15, 0.2) is 0 Å². The third kappa shape index (κ3) is 5.27. The maximum Gasteiger partial charge on any atom is 0.431 e. The van der Waals surface area contributed by atoms with Crippen LogP contribution in [0.3, 0.4) is 0 Å². The molecule has 0 amide bonds. The Labute approximate surface area is 237 Å². The molecule has 8 nitrogen and oxygen atoms in total. The van der Waals surface area contributed by atoms with Crippen molar-refractivity contribution in [3.05, 3.63) is 0 Å². The SMILES string of the molecule is C[C@H](CCC(=O)OCCC(F)(F)C(F)(F)S(=O)(=O)O)[C@H]1CC[C@H]2[C@@H]3C(=O)CC4CC(=O)CCC4(C)C3CC(=O)[C@]12C. The normalized spacial score (nSPS) is 36.8. The minimum atomic E-state index is -6.37. The number of carbonyl (C=O) groups excluding carboxylic acids is 4. The molecule has 4 aliphatic rings. The number of fused-ring (bicyclic) bond motifs is 5. The number of alkyl halides is 4. The number of halogens is 4. The Morgan fingerprint density at radius 3 is 2.37 bits per heavy atom. The van der Waals surface area contributed by atoms with Gasteiger partial charge in [-0.3, -0.25) is 23.7 Å². The van der Waals surface area contributed by atoms with Crippen LogP contribution in [0.25, 0.3) is 0 Å². The number of rotatable bonds is 9. The maximum atomic E-state index is 13.8. The highest BCUT2D eigenvalue weighted by Crippen LogP contribution is 2.66. The van der Waals surface area contributed by atoms with E-state index in [0.29, 0.717) is 38.5 Å². The molecule has 4 saturated carbocycles. The fourth-order valence-electron chi connectivity index (χ4n) is 8.64. The topological polar surface area (TPSA) is 132 Å². The van der Waals surface area contributed by atoms with Crippen LogP contribution in [0.15, 0.2) is 0 Å². The van der Waals surface area contributed by atoms with E-state index in [9.17, 15) is 45.2 Å². The van der Waals surface area contributed by atoms with Crippen LogP contribution in [0.4, 0.5) is 17.6 Å². The van der Waals surface area contributed by atoms with E-state index in [1.165, 1.54) is 0 Å². The first-order valence-corrected chi connectivity index (χ1v) is 15.7. The Balaban J connectivity index is 1.37. The number of hydrogen-bond acceptors (Lipinski definition) is 7. The van der Waals surface area contributed by atoms with Crippen molar-refractivity contribution in [3.8, 4) is 0 Å². The van der Waals surface area contributed by atoms with E-state index in [4.69, 9.17) is 4.55 Å². The van der Waals surface area contributed by atoms with Gasteiger partial charge in [0.2, 0.25) is 0 Å². The Bertz CT molecular complexity index is 1220. The summed E-state index contributed by atoms with van der Waals surface area (Å²) in [4.78, 5) is 51.6. The van der Waals surface area contributed by atoms with Gasteiger partial charge < -0.3 is 4.74 Å². The van der Waals surface area contributed by atoms with Crippen LogP contribution in [0.5, 0.6) is 0 Å². The zero-order valence-corrected chi connectivity index (χ0v) is 24.3. The molecule has 0 saturated heterocycles. The van der Waals surface area contributed by atoms with Gasteiger partial charge >= 0.3 is 27.3 Å². The lowest BCUT2D eigenvalue weighted by molar-refractivity contribution is -0.174. The molecule has 4 fully saturated rings. The van der Waals surface area contributed by atoms with E-state index in [1.54, 1.807) is 0 Å². The number of ether oxygens (including phenoxy) is 1. The van der Waals surface area contributed by atoms with Gasteiger partial charge in [-0.1, -0.05) is 20.8 Å². The number of ketones is 3. The van der Waals surface area contributed by atoms with Gasteiger partial charge in [0.05, 0.1) is 13.0 Å². The summed E-state index contributed by atoms with van der Waals surface area (Å²) in [6.45, 7) is 4.74. The fraction of sp³-hybridized carbons (Fsp3) is 0.857. The molecule has 0 heterocycles. The van der Waals surface area contributed by atoms with Crippen LogP contribution in [0.2, 0.25) is 0 Å². The van der Waals surface area contributed by atoms with Crippen molar-refractivity contribution in [1.29, 1.82) is 0 Å². The largest absolute Gasteiger partial charge is 0.465 e. The van der Waals surface area contributed by atoms with Crippen molar-refractivity contribution >= 4 is 33.4 Å². The first kappa shape index (κ1) is 32.0. The summed E-state index contributed by atoms with van der Waals surface area (Å²) in [7, 11) is -6.37. The van der Waals surface area contributed by atoms with E-state index in [2.05, 4.69) is 11.7 Å². The Morgan fingerprint density at radius 2 is 1.73 bits per heavy atom. The molecular formula is C28H38F4O8S. The molecule has 8 atom stereocenters. The van der Waals surface area contributed by atoms with Crippen LogP contribution in [-0.2, 0) is 34.0 Å². The highest BCUT2D eigenvalue weighted by Gasteiger charge is 2.67. The van der Waals surface area contributed by atoms with E-state index < -0.39 is 45.7 Å². The highest BCUT2D eigenvalue weighted by atomic mass is 32.2. The molecule has 4 rings (SSSR count). The number of hydrogen-bond donors (Lipinski definition) is 1. The molecular weight excluding hydrogens is 572 g/mol. The first-order valence-electron chi connectivity index (χ1n) is 14.2. The lowest BCUT2D eigenvalue weighted by Gasteiger charge is -2.58. The van der Waals surface area contributed by atoms with Crippen LogP contribution in [0, 0.1) is 46.3 Å². The first-order chi connectivity index (χ1) is 18.8. The summed E-state index contributed by atoms with van der Waals surface area (Å²) in [5.74, 6) is -6.51. The fourth-order valence-corrected chi connectivity index (χ4v) is 9.12. The summed E-state index contributed by atoms with van der Waals surface area (Å²) in [6, 6.07) is 0. The van der Waals surface area contributed by atoms with Gasteiger partial charge in [0, 0.05) is 43.4 Å². The second-order valence-corrected chi connectivity index (χ2v) is 14.6. The van der Waals surface area contributed by atoms with Gasteiger partial charge in [0.25, 0.3) is 0 Å². The van der Waals surface area contributed by atoms with Crippen molar-refractivity contribution in [3.63, 3.8) is 0 Å². The second-order valence-electron chi connectivity index (χ2n) is 13.1. The van der Waals surface area contributed by atoms with Crippen molar-refractivity contribution in [2.75, 3.05) is 6.61 Å². The highest BCUT2D eigenvalue weighted by molar-refractivity contribution is 7.87. The molecule has 0 aromatic carbocycles. The quantitative estimate of drug-likeness (QED) is 0.218. The minimum absolute atomic E-state index is 0.0315. The third-order valence-electron chi connectivity index (χ3n) is 11.1. The van der Waals surface area contributed by atoms with Crippen LogP contribution in [-0.4, -0.2) is 54.1 Å². The molecule has 0 bridgehead atoms. The minimum Gasteiger partial charge on any atom is -0.465 e. The van der Waals surface area contributed by atoms with Gasteiger partial charge in [-0.2, -0.15) is 26.0 Å². The Kier molecular flexibility index (Phi) is 8.34. The second kappa shape index (κ2) is 10.7. The number of carbonyl (C=O) groups is 4. The van der Waals surface area contributed by atoms with Gasteiger partial charge in [0.1, 0.15) is 17.3 Å². The lowest BCUT2D eigenvalue weighted by Crippen LogP contribution is -2.60. The molecule has 0 radical (unpaired) electrons. The average Bonchev–Trinajstić information content (AvgIpc) is 3.22. The Morgan fingerprint density at radius 1 is 1.07 bits per heavy atom. The molecule has 4 aliphatic carbocycles. The van der Waals surface area contributed by atoms with Crippen molar-refractivity contribution in [1.82, 2.24) is 0 Å². The molecule has 13 heteroatoms. The van der Waals surface area contributed by atoms with Crippen molar-refractivity contribution < 1.29 is 54.4 Å². The number of esters is 1. The molecule has 232 valence electrons. The molecule has 0 spiro atoms. The predicted molar refractivity (Wildman–Crippen MR) is 136 cm³/mol. The summed E-state index contributed by atoms with van der Waals surface area (Å²) >= 11 is 0. The monoisotopic (exact) mass is 610 g/mol. The van der Waals surface area contributed by atoms with E-state index >= 15 is 0 Å². The summed E-state index contributed by atoms with van der Waals surface area (Å²) in [6.07, 6.45) is 1.73. The van der Waals surface area contributed by atoms with Crippen LogP contribution in [0.1, 0.15) is 85.0 Å². The summed E-state index contributed by atoms with van der Waals surface area (Å²) in [5.41, 5.74) is -1.00. The lowest BCUT2D eigenvalue weighted by atomic mass is 9.44. The molecule has 0 aromatic rings. The summed E-state index contributed by atoms with van der Waals surface area (Å²) in [5, 5.41) is -5.73. The average molecular weight is 611 g/mol. The smallest absolute Gasteiger partial charge is 0.431 e. The zero-order valence-electron chi connectivity index (χ0n) is 23.5. The van der Waals surface area contributed by atoms with E-state index in [-0.39, 0.29) is 77.5 Å². The van der Waals surface area contributed by atoms with Crippen molar-refractivity contribution in [2.24, 2.45) is 46.3 Å². The van der Waals surface area contributed by atoms with Crippen molar-refractivity contribution in [2.45, 2.75) is 96.2 Å². The molecule has 0 aliphatic heterocycles. The van der Waals surface area contributed by atoms with Crippen LogP contribution >= 0.6 is 0 Å². The van der Waals surface area contributed by atoms with Crippen LogP contribution < -0.4 is 0 Å².